The molecule has 0 amide bonds. The minimum atomic E-state index is -1.62. The van der Waals surface area contributed by atoms with Crippen molar-refractivity contribution >= 4 is 38.5 Å². The fourth-order valence-electron chi connectivity index (χ4n) is 0.598. The summed E-state index contributed by atoms with van der Waals surface area (Å²) in [6, 6.07) is 1.09. The van der Waals surface area contributed by atoms with Crippen LogP contribution in [0.15, 0.2) is 0 Å². The lowest BCUT2D eigenvalue weighted by atomic mass is 10.6. The number of nitrogens with two attached hydrogens (primary N) is 1. The molecule has 82 valence electrons. The Balaban J connectivity index is 0. The number of rotatable bonds is 4. The Morgan fingerprint density at radius 2 is 1.77 bits per heavy atom. The summed E-state index contributed by atoms with van der Waals surface area (Å²) in [4.78, 5) is 0. The van der Waals surface area contributed by atoms with Gasteiger partial charge < -0.3 is 13.6 Å². The quantitative estimate of drug-likeness (QED) is 0.655. The molecule has 1 unspecified atom stereocenters. The van der Waals surface area contributed by atoms with Crippen LogP contribution in [0.3, 0.4) is 0 Å². The molecule has 0 bridgehead atoms. The van der Waals surface area contributed by atoms with E-state index in [0.29, 0.717) is 0 Å². The van der Waals surface area contributed by atoms with Crippen LogP contribution in [0, 0.1) is 0 Å². The fourth-order valence-corrected chi connectivity index (χ4v) is 2.41. The lowest BCUT2D eigenvalue weighted by molar-refractivity contribution is 0.594. The third-order valence-corrected chi connectivity index (χ3v) is 10.7. The summed E-state index contributed by atoms with van der Waals surface area (Å²) in [5.41, 5.74) is 0. The van der Waals surface area contributed by atoms with Crippen LogP contribution in [-0.4, -0.2) is 38.5 Å². The Labute approximate surface area is 91.4 Å². The van der Waals surface area contributed by atoms with E-state index in [1.807, 2.05) is 0 Å². The van der Waals surface area contributed by atoms with Crippen molar-refractivity contribution in [3.63, 3.8) is 0 Å². The van der Waals surface area contributed by atoms with E-state index in [9.17, 15) is 0 Å². The van der Waals surface area contributed by atoms with Gasteiger partial charge in [0.25, 0.3) is 8.48 Å². The molecule has 3 nitrogen and oxygen atoms in total. The molecule has 0 radical (unpaired) electrons. The Morgan fingerprint density at radius 3 is 1.85 bits per heavy atom. The van der Waals surface area contributed by atoms with Crippen LogP contribution in [0.5, 0.6) is 0 Å². The predicted molar refractivity (Wildman–Crippen MR) is 71.8 cm³/mol. The van der Waals surface area contributed by atoms with Gasteiger partial charge in [0.1, 0.15) is 21.0 Å². The molecule has 1 atom stereocenters. The maximum Gasteiger partial charge on any atom is 0.251 e. The fraction of sp³-hybridized carbons (Fsp3) is 1.00. The van der Waals surface area contributed by atoms with Crippen LogP contribution < -0.4 is 5.40 Å². The molecule has 0 aliphatic carbocycles. The topological polar surface area (TPSA) is 44.5 Å². The molecule has 0 spiro atoms. The molecule has 0 fully saturated rings. The number of hydrogen-bond donors (Lipinski definition) is 1. The standard InChI is InChI=1S/C4H15NOSi2.C2H10OSi2/c1-3-4-8(2,5)6-7;1-5(2)3-4/h3-5H2,1-2,7H3;5H,1-2,4H3. The highest BCUT2D eigenvalue weighted by Crippen LogP contribution is 2.03. The summed E-state index contributed by atoms with van der Waals surface area (Å²) >= 11 is 0. The SMILES string of the molecule is CCC[Si](C)(N)O[SiH3].C[SiH](C)O[SiH3]. The first kappa shape index (κ1) is 16.2. The van der Waals surface area contributed by atoms with Crippen LogP contribution in [0.4, 0.5) is 0 Å². The highest BCUT2D eigenvalue weighted by atomic mass is 28.4. The molecular weight excluding hydrogens is 230 g/mol. The van der Waals surface area contributed by atoms with Gasteiger partial charge >= 0.3 is 0 Å². The smallest absolute Gasteiger partial charge is 0.251 e. The van der Waals surface area contributed by atoms with Crippen LogP contribution in [0.25, 0.3) is 0 Å². The van der Waals surface area contributed by atoms with Crippen molar-refractivity contribution in [2.24, 2.45) is 5.40 Å². The van der Waals surface area contributed by atoms with Gasteiger partial charge in [-0.15, -0.1) is 0 Å². The summed E-state index contributed by atoms with van der Waals surface area (Å²) in [7, 11) is -0.470. The van der Waals surface area contributed by atoms with Gasteiger partial charge in [-0.3, -0.25) is 0 Å². The summed E-state index contributed by atoms with van der Waals surface area (Å²) < 4.78 is 10.3. The highest BCUT2D eigenvalue weighted by molar-refractivity contribution is 6.71. The molecule has 0 aliphatic heterocycles. The predicted octanol–water partition coefficient (Wildman–Crippen LogP) is -1.01. The minimum Gasteiger partial charge on any atom is -0.466 e. The monoisotopic (exact) mass is 255 g/mol. The molecule has 0 saturated heterocycles. The zero-order chi connectivity index (χ0) is 10.9. The van der Waals surface area contributed by atoms with Gasteiger partial charge in [-0.1, -0.05) is 13.3 Å². The second kappa shape index (κ2) is 9.31. The third-order valence-electron chi connectivity index (χ3n) is 1.68. The van der Waals surface area contributed by atoms with E-state index in [1.54, 1.807) is 0 Å². The summed E-state index contributed by atoms with van der Waals surface area (Å²) in [5.74, 6) is 0. The molecule has 0 aromatic carbocycles. The van der Waals surface area contributed by atoms with Gasteiger partial charge in [-0.2, -0.15) is 0 Å². The Hall–Kier alpha value is 0.748. The van der Waals surface area contributed by atoms with Gasteiger partial charge in [-0.05, 0) is 25.7 Å². The zero-order valence-electron chi connectivity index (χ0n) is 9.89. The molecule has 13 heavy (non-hydrogen) atoms. The van der Waals surface area contributed by atoms with Crippen LogP contribution >= 0.6 is 0 Å². The molecule has 2 N–H and O–H groups in total. The maximum atomic E-state index is 5.78. The van der Waals surface area contributed by atoms with E-state index in [0.717, 1.165) is 33.4 Å². The van der Waals surface area contributed by atoms with Crippen LogP contribution in [0.2, 0.25) is 25.7 Å². The summed E-state index contributed by atoms with van der Waals surface area (Å²) in [6.45, 7) is 8.54. The van der Waals surface area contributed by atoms with Crippen molar-refractivity contribution < 1.29 is 8.23 Å². The van der Waals surface area contributed by atoms with Crippen LogP contribution in [0.1, 0.15) is 13.3 Å². The third kappa shape index (κ3) is 15.5. The van der Waals surface area contributed by atoms with Gasteiger partial charge in [0.05, 0.1) is 0 Å². The van der Waals surface area contributed by atoms with E-state index in [2.05, 4.69) is 26.6 Å². The van der Waals surface area contributed by atoms with Gasteiger partial charge in [0, 0.05) is 0 Å². The molecule has 0 heterocycles. The maximum absolute atomic E-state index is 5.78. The first-order valence-electron chi connectivity index (χ1n) is 4.76. The van der Waals surface area contributed by atoms with E-state index in [4.69, 9.17) is 13.6 Å². The highest BCUT2D eigenvalue weighted by Gasteiger charge is 2.18. The van der Waals surface area contributed by atoms with E-state index in [1.165, 1.54) is 0 Å². The van der Waals surface area contributed by atoms with E-state index >= 15 is 0 Å². The molecule has 0 rings (SSSR count). The lowest BCUT2D eigenvalue weighted by Gasteiger charge is -2.18. The average molecular weight is 256 g/mol. The van der Waals surface area contributed by atoms with Crippen molar-refractivity contribution in [1.29, 1.82) is 0 Å². The molecule has 0 aliphatic rings. The van der Waals surface area contributed by atoms with Crippen molar-refractivity contribution in [2.45, 2.75) is 39.0 Å². The summed E-state index contributed by atoms with van der Waals surface area (Å²) in [5, 5.41) is 5.78. The molecule has 0 saturated carbocycles. The van der Waals surface area contributed by atoms with E-state index in [-0.39, 0.29) is 0 Å². The Bertz CT molecular complexity index is 113. The van der Waals surface area contributed by atoms with Gasteiger partial charge in [0.15, 0.2) is 9.04 Å². The first-order chi connectivity index (χ1) is 5.89. The second-order valence-electron chi connectivity index (χ2n) is 3.55. The summed E-state index contributed by atoms with van der Waals surface area (Å²) in [6.07, 6.45) is 1.15. The van der Waals surface area contributed by atoms with Crippen LogP contribution in [-0.2, 0) is 8.23 Å². The normalized spacial score (nSPS) is 15.2. The zero-order valence-corrected chi connectivity index (χ0v) is 16.0. The van der Waals surface area contributed by atoms with Crippen molar-refractivity contribution in [3.8, 4) is 0 Å². The largest absolute Gasteiger partial charge is 0.466 e. The lowest BCUT2D eigenvalue weighted by Crippen LogP contribution is -2.44. The van der Waals surface area contributed by atoms with Crippen molar-refractivity contribution in [3.05, 3.63) is 0 Å². The first-order valence-corrected chi connectivity index (χ1v) is 11.9. The average Bonchev–Trinajstić information content (AvgIpc) is 2.05. The minimum absolute atomic E-state index is 0.588. The Morgan fingerprint density at radius 1 is 1.38 bits per heavy atom. The molecule has 0 aromatic heterocycles. The van der Waals surface area contributed by atoms with Crippen molar-refractivity contribution in [2.75, 3.05) is 0 Å². The van der Waals surface area contributed by atoms with Gasteiger partial charge in [0.2, 0.25) is 0 Å². The molecular formula is C6H25NO2Si4. The van der Waals surface area contributed by atoms with E-state index < -0.39 is 17.5 Å². The molecule has 0 aromatic rings. The molecule has 7 heteroatoms. The second-order valence-corrected chi connectivity index (χ2v) is 12.3. The van der Waals surface area contributed by atoms with Gasteiger partial charge in [-0.25, -0.2) is 0 Å². The Kier molecular flexibility index (Phi) is 11.6. The van der Waals surface area contributed by atoms with Crippen molar-refractivity contribution in [1.82, 2.24) is 0 Å². The number of hydrogen-bond acceptors (Lipinski definition) is 3.